The Balaban J connectivity index is 1.33. The molecule has 9 nitrogen and oxygen atoms in total. The molecule has 0 aliphatic carbocycles. The van der Waals surface area contributed by atoms with E-state index in [1.54, 1.807) is 18.9 Å². The third kappa shape index (κ3) is 4.98. The van der Waals surface area contributed by atoms with Gasteiger partial charge in [-0.05, 0) is 73.3 Å². The van der Waals surface area contributed by atoms with E-state index in [-0.39, 0.29) is 12.9 Å². The fourth-order valence-electron chi connectivity index (χ4n) is 4.50. The standard InChI is InChI=1S/C23H29BrN6O3S/c1-14(31-2)11-29-6-3-15(4-7-29)5-8-30-22-20(21(25)26-12-27-22)28-23(30)34-19-10-18-17(9-16(19)24)32-13-33-18/h9-10,12,14-15H,3-8,11,13H2,1-2H3,(H2,25,26,27)/t14-/m0/s1. The van der Waals surface area contributed by atoms with Crippen LogP contribution < -0.4 is 15.2 Å². The maximum atomic E-state index is 6.14. The van der Waals surface area contributed by atoms with Gasteiger partial charge in [0.2, 0.25) is 6.79 Å². The van der Waals surface area contributed by atoms with Crippen molar-refractivity contribution in [1.82, 2.24) is 24.4 Å². The highest BCUT2D eigenvalue weighted by molar-refractivity contribution is 9.10. The van der Waals surface area contributed by atoms with Crippen LogP contribution in [0, 0.1) is 5.92 Å². The molecule has 2 aliphatic heterocycles. The van der Waals surface area contributed by atoms with Crippen molar-refractivity contribution in [3.8, 4) is 11.5 Å². The molecule has 1 aromatic carbocycles. The van der Waals surface area contributed by atoms with Gasteiger partial charge in [0.05, 0.1) is 6.10 Å². The van der Waals surface area contributed by atoms with Crippen LogP contribution in [0.4, 0.5) is 5.82 Å². The van der Waals surface area contributed by atoms with Crippen molar-refractivity contribution in [2.24, 2.45) is 5.92 Å². The van der Waals surface area contributed by atoms with E-state index in [1.165, 1.54) is 19.2 Å². The number of halogens is 1. The summed E-state index contributed by atoms with van der Waals surface area (Å²) in [5.74, 6) is 2.55. The summed E-state index contributed by atoms with van der Waals surface area (Å²) in [6, 6.07) is 3.91. The number of hydrogen-bond donors (Lipinski definition) is 1. The predicted octanol–water partition coefficient (Wildman–Crippen LogP) is 4.19. The fourth-order valence-corrected chi connectivity index (χ4v) is 6.01. The van der Waals surface area contributed by atoms with Gasteiger partial charge in [-0.1, -0.05) is 11.8 Å². The number of aromatic nitrogens is 4. The molecule has 2 aliphatic rings. The van der Waals surface area contributed by atoms with E-state index in [0.717, 1.165) is 64.3 Å². The molecule has 0 spiro atoms. The van der Waals surface area contributed by atoms with Crippen LogP contribution in [0.5, 0.6) is 11.5 Å². The molecule has 5 rings (SSSR count). The number of imidazole rings is 1. The van der Waals surface area contributed by atoms with Crippen LogP contribution in [0.1, 0.15) is 26.2 Å². The number of rotatable bonds is 8. The zero-order valence-electron chi connectivity index (χ0n) is 19.4. The number of hydrogen-bond acceptors (Lipinski definition) is 9. The van der Waals surface area contributed by atoms with Crippen molar-refractivity contribution in [3.63, 3.8) is 0 Å². The summed E-state index contributed by atoms with van der Waals surface area (Å²) in [6.07, 6.45) is 5.23. The Labute approximate surface area is 211 Å². The predicted molar refractivity (Wildman–Crippen MR) is 134 cm³/mol. The Morgan fingerprint density at radius 1 is 1.24 bits per heavy atom. The lowest BCUT2D eigenvalue weighted by Crippen LogP contribution is -2.38. The lowest BCUT2D eigenvalue weighted by molar-refractivity contribution is 0.0615. The number of nitrogen functional groups attached to an aromatic ring is 1. The largest absolute Gasteiger partial charge is 0.454 e. The first kappa shape index (κ1) is 23.7. The Morgan fingerprint density at radius 3 is 2.76 bits per heavy atom. The molecule has 2 aromatic heterocycles. The molecule has 1 saturated heterocycles. The number of piperidine rings is 1. The number of aryl methyl sites for hydroxylation is 1. The van der Waals surface area contributed by atoms with Crippen LogP contribution in [0.3, 0.4) is 0 Å². The van der Waals surface area contributed by atoms with E-state index < -0.39 is 0 Å². The first-order valence-electron chi connectivity index (χ1n) is 11.5. The second-order valence-electron chi connectivity index (χ2n) is 8.79. The Hall–Kier alpha value is -2.08. The lowest BCUT2D eigenvalue weighted by atomic mass is 9.93. The highest BCUT2D eigenvalue weighted by Crippen LogP contribution is 2.43. The van der Waals surface area contributed by atoms with Crippen LogP contribution in [-0.2, 0) is 11.3 Å². The van der Waals surface area contributed by atoms with Crippen LogP contribution in [-0.4, -0.2) is 64.1 Å². The average Bonchev–Trinajstić information content (AvgIpc) is 3.43. The number of nitrogens with zero attached hydrogens (tertiary/aromatic N) is 5. The topological polar surface area (TPSA) is 101 Å². The second-order valence-corrected chi connectivity index (χ2v) is 10.7. The molecule has 1 atom stereocenters. The van der Waals surface area contributed by atoms with Crippen LogP contribution >= 0.6 is 27.7 Å². The van der Waals surface area contributed by atoms with Crippen molar-refractivity contribution in [2.75, 3.05) is 39.3 Å². The normalized spacial score (nSPS) is 17.5. The average molecular weight is 549 g/mol. The van der Waals surface area contributed by atoms with Crippen molar-refractivity contribution >= 4 is 44.7 Å². The van der Waals surface area contributed by atoms with Gasteiger partial charge in [-0.2, -0.15) is 0 Å². The van der Waals surface area contributed by atoms with Gasteiger partial charge in [0.25, 0.3) is 0 Å². The second kappa shape index (κ2) is 10.3. The molecule has 3 aromatic rings. The summed E-state index contributed by atoms with van der Waals surface area (Å²) in [4.78, 5) is 17.0. The molecule has 0 saturated carbocycles. The lowest BCUT2D eigenvalue weighted by Gasteiger charge is -2.33. The maximum absolute atomic E-state index is 6.14. The number of fused-ring (bicyclic) bond motifs is 2. The molecule has 182 valence electrons. The zero-order chi connectivity index (χ0) is 23.7. The van der Waals surface area contributed by atoms with Gasteiger partial charge < -0.3 is 29.4 Å². The fraction of sp³-hybridized carbons (Fsp3) is 0.522. The number of ether oxygens (including phenoxy) is 3. The smallest absolute Gasteiger partial charge is 0.231 e. The van der Waals surface area contributed by atoms with E-state index >= 15 is 0 Å². The number of benzene rings is 1. The first-order valence-corrected chi connectivity index (χ1v) is 13.1. The molecule has 0 bridgehead atoms. The first-order chi connectivity index (χ1) is 16.5. The summed E-state index contributed by atoms with van der Waals surface area (Å²) in [7, 11) is 1.78. The van der Waals surface area contributed by atoms with Crippen LogP contribution in [0.2, 0.25) is 0 Å². The molecule has 4 heterocycles. The number of nitrogens with two attached hydrogens (primary N) is 1. The van der Waals surface area contributed by atoms with Crippen molar-refractivity contribution in [2.45, 2.75) is 48.9 Å². The van der Waals surface area contributed by atoms with Crippen molar-refractivity contribution in [3.05, 3.63) is 22.9 Å². The third-order valence-corrected chi connectivity index (χ3v) is 8.51. The molecule has 1 fully saturated rings. The monoisotopic (exact) mass is 548 g/mol. The SMILES string of the molecule is CO[C@@H](C)CN1CCC(CCn2c(Sc3cc4c(cc3Br)OCO4)nc3c(N)ncnc32)CC1. The minimum Gasteiger partial charge on any atom is -0.454 e. The van der Waals surface area contributed by atoms with E-state index in [2.05, 4.69) is 42.3 Å². The number of likely N-dealkylation sites (tertiary alicyclic amines) is 1. The van der Waals surface area contributed by atoms with Crippen LogP contribution in [0.15, 0.2) is 33.0 Å². The summed E-state index contributed by atoms with van der Waals surface area (Å²) < 4.78 is 19.6. The summed E-state index contributed by atoms with van der Waals surface area (Å²) in [5.41, 5.74) is 7.56. The molecule has 0 amide bonds. The number of methoxy groups -OCH3 is 1. The Kier molecular flexibility index (Phi) is 7.14. The van der Waals surface area contributed by atoms with E-state index in [1.807, 2.05) is 12.1 Å². The summed E-state index contributed by atoms with van der Waals surface area (Å²) in [5, 5.41) is 0.841. The molecule has 11 heteroatoms. The quantitative estimate of drug-likeness (QED) is 0.443. The highest BCUT2D eigenvalue weighted by Gasteiger charge is 2.23. The molecule has 0 unspecified atom stereocenters. The van der Waals surface area contributed by atoms with Gasteiger partial charge in [-0.25, -0.2) is 15.0 Å². The van der Waals surface area contributed by atoms with Gasteiger partial charge in [0.1, 0.15) is 6.33 Å². The summed E-state index contributed by atoms with van der Waals surface area (Å²) in [6.45, 7) is 6.42. The zero-order valence-corrected chi connectivity index (χ0v) is 21.8. The van der Waals surface area contributed by atoms with Crippen LogP contribution in [0.25, 0.3) is 11.2 Å². The van der Waals surface area contributed by atoms with Gasteiger partial charge in [0, 0.05) is 29.6 Å². The van der Waals surface area contributed by atoms with Gasteiger partial charge in [0.15, 0.2) is 33.6 Å². The van der Waals surface area contributed by atoms with Crippen molar-refractivity contribution < 1.29 is 14.2 Å². The number of anilines is 1. The Morgan fingerprint density at radius 2 is 2.00 bits per heavy atom. The van der Waals surface area contributed by atoms with Gasteiger partial charge >= 0.3 is 0 Å². The van der Waals surface area contributed by atoms with E-state index in [4.69, 9.17) is 24.9 Å². The maximum Gasteiger partial charge on any atom is 0.231 e. The molecule has 2 N–H and O–H groups in total. The molecular formula is C23H29BrN6O3S. The minimum absolute atomic E-state index is 0.240. The molecule has 0 radical (unpaired) electrons. The van der Waals surface area contributed by atoms with E-state index in [0.29, 0.717) is 17.3 Å². The Bertz CT molecular complexity index is 1170. The third-order valence-electron chi connectivity index (χ3n) is 6.54. The minimum atomic E-state index is 0.240. The van der Waals surface area contributed by atoms with Crippen molar-refractivity contribution in [1.29, 1.82) is 0 Å². The molecular weight excluding hydrogens is 520 g/mol. The molecule has 34 heavy (non-hydrogen) atoms. The van der Waals surface area contributed by atoms with E-state index in [9.17, 15) is 0 Å². The highest BCUT2D eigenvalue weighted by atomic mass is 79.9. The van der Waals surface area contributed by atoms with Gasteiger partial charge in [-0.15, -0.1) is 0 Å². The summed E-state index contributed by atoms with van der Waals surface area (Å²) >= 11 is 5.22. The van der Waals surface area contributed by atoms with Gasteiger partial charge in [-0.3, -0.25) is 0 Å².